The molecule has 20 heavy (non-hydrogen) atoms. The highest BCUT2D eigenvalue weighted by atomic mass is 32.1. The van der Waals surface area contributed by atoms with E-state index < -0.39 is 23.5 Å². The molecule has 0 bridgehead atoms. The van der Waals surface area contributed by atoms with Crippen molar-refractivity contribution in [1.82, 2.24) is 4.98 Å². The van der Waals surface area contributed by atoms with Gasteiger partial charge in [-0.05, 0) is 6.07 Å². The SMILES string of the molecule is CC(C)(C)c1csc(C(N)c2cc(F)c(F)cc2F)n1. The van der Waals surface area contributed by atoms with Crippen LogP contribution in [0.25, 0.3) is 0 Å². The van der Waals surface area contributed by atoms with Crippen molar-refractivity contribution in [3.63, 3.8) is 0 Å². The monoisotopic (exact) mass is 300 g/mol. The molecule has 1 aromatic heterocycles. The van der Waals surface area contributed by atoms with Crippen LogP contribution in [0, 0.1) is 17.5 Å². The lowest BCUT2D eigenvalue weighted by atomic mass is 9.93. The molecule has 0 aliphatic heterocycles. The van der Waals surface area contributed by atoms with Crippen molar-refractivity contribution in [1.29, 1.82) is 0 Å². The highest BCUT2D eigenvalue weighted by molar-refractivity contribution is 7.09. The summed E-state index contributed by atoms with van der Waals surface area (Å²) < 4.78 is 39.8. The van der Waals surface area contributed by atoms with E-state index in [0.717, 1.165) is 11.8 Å². The van der Waals surface area contributed by atoms with E-state index in [9.17, 15) is 13.2 Å². The molecule has 0 spiro atoms. The van der Waals surface area contributed by atoms with Gasteiger partial charge >= 0.3 is 0 Å². The molecule has 6 heteroatoms. The van der Waals surface area contributed by atoms with E-state index in [2.05, 4.69) is 4.98 Å². The van der Waals surface area contributed by atoms with Crippen LogP contribution in [0.2, 0.25) is 0 Å². The second-order valence-corrected chi connectivity index (χ2v) is 6.48. The summed E-state index contributed by atoms with van der Waals surface area (Å²) in [7, 11) is 0. The van der Waals surface area contributed by atoms with Gasteiger partial charge in [-0.3, -0.25) is 0 Å². The lowest BCUT2D eigenvalue weighted by Gasteiger charge is -2.15. The molecule has 2 N–H and O–H groups in total. The van der Waals surface area contributed by atoms with E-state index >= 15 is 0 Å². The minimum atomic E-state index is -1.23. The molecule has 0 amide bonds. The summed E-state index contributed by atoms with van der Waals surface area (Å²) in [6.07, 6.45) is 0. The summed E-state index contributed by atoms with van der Waals surface area (Å²) in [5.74, 6) is -3.22. The largest absolute Gasteiger partial charge is 0.318 e. The van der Waals surface area contributed by atoms with Crippen molar-refractivity contribution >= 4 is 11.3 Å². The van der Waals surface area contributed by atoms with Gasteiger partial charge in [0.25, 0.3) is 0 Å². The molecule has 0 saturated carbocycles. The fourth-order valence-corrected chi connectivity index (χ4v) is 2.75. The van der Waals surface area contributed by atoms with Crippen LogP contribution in [0.4, 0.5) is 13.2 Å². The highest BCUT2D eigenvalue weighted by Crippen LogP contribution is 2.30. The summed E-state index contributed by atoms with van der Waals surface area (Å²) in [4.78, 5) is 4.36. The van der Waals surface area contributed by atoms with E-state index in [1.165, 1.54) is 11.3 Å². The van der Waals surface area contributed by atoms with Gasteiger partial charge in [0.1, 0.15) is 10.8 Å². The fourth-order valence-electron chi connectivity index (χ4n) is 1.68. The zero-order chi connectivity index (χ0) is 15.1. The minimum Gasteiger partial charge on any atom is -0.318 e. The number of hydrogen-bond donors (Lipinski definition) is 1. The minimum absolute atomic E-state index is 0.0984. The average Bonchev–Trinajstić information content (AvgIpc) is 2.82. The van der Waals surface area contributed by atoms with E-state index in [0.29, 0.717) is 11.1 Å². The first kappa shape index (κ1) is 15.0. The number of nitrogens with zero attached hydrogens (tertiary/aromatic N) is 1. The molecule has 0 radical (unpaired) electrons. The zero-order valence-electron chi connectivity index (χ0n) is 11.4. The third kappa shape index (κ3) is 2.86. The highest BCUT2D eigenvalue weighted by Gasteiger charge is 2.23. The molecule has 108 valence electrons. The van der Waals surface area contributed by atoms with Crippen LogP contribution in [0.15, 0.2) is 17.5 Å². The summed E-state index contributed by atoms with van der Waals surface area (Å²) in [6, 6.07) is 0.377. The molecule has 1 heterocycles. The number of aromatic nitrogens is 1. The molecule has 0 aliphatic carbocycles. The topological polar surface area (TPSA) is 38.9 Å². The summed E-state index contributed by atoms with van der Waals surface area (Å²) in [5, 5.41) is 2.31. The molecule has 2 rings (SSSR count). The molecule has 0 saturated heterocycles. The summed E-state index contributed by atoms with van der Waals surface area (Å²) in [6.45, 7) is 5.99. The van der Waals surface area contributed by atoms with Crippen molar-refractivity contribution in [3.8, 4) is 0 Å². The molecular weight excluding hydrogens is 285 g/mol. The number of halogens is 3. The van der Waals surface area contributed by atoms with Crippen molar-refractivity contribution in [2.75, 3.05) is 0 Å². The Bertz CT molecular complexity index is 632. The molecule has 1 aromatic carbocycles. The van der Waals surface area contributed by atoms with Gasteiger partial charge in [-0.1, -0.05) is 20.8 Å². The first-order valence-corrected chi connectivity index (χ1v) is 6.94. The van der Waals surface area contributed by atoms with Crippen LogP contribution in [0.5, 0.6) is 0 Å². The molecule has 1 atom stereocenters. The Morgan fingerprint density at radius 2 is 1.70 bits per heavy atom. The number of rotatable bonds is 2. The van der Waals surface area contributed by atoms with Crippen LogP contribution in [-0.4, -0.2) is 4.98 Å². The quantitative estimate of drug-likeness (QED) is 0.854. The summed E-state index contributed by atoms with van der Waals surface area (Å²) in [5.41, 5.74) is 6.49. The van der Waals surface area contributed by atoms with Crippen LogP contribution >= 0.6 is 11.3 Å². The van der Waals surface area contributed by atoms with Crippen LogP contribution in [0.1, 0.15) is 43.1 Å². The van der Waals surface area contributed by atoms with E-state index in [1.807, 2.05) is 26.2 Å². The zero-order valence-corrected chi connectivity index (χ0v) is 12.2. The van der Waals surface area contributed by atoms with E-state index in [-0.39, 0.29) is 11.0 Å². The van der Waals surface area contributed by atoms with Crippen molar-refractivity contribution in [3.05, 3.63) is 51.2 Å². The third-order valence-corrected chi connectivity index (χ3v) is 3.86. The normalized spacial score (nSPS) is 13.6. The first-order valence-electron chi connectivity index (χ1n) is 6.06. The Kier molecular flexibility index (Phi) is 3.88. The van der Waals surface area contributed by atoms with E-state index in [1.54, 1.807) is 0 Å². The number of nitrogens with two attached hydrogens (primary N) is 1. The van der Waals surface area contributed by atoms with Gasteiger partial charge in [0.2, 0.25) is 0 Å². The Balaban J connectivity index is 2.39. The molecule has 2 nitrogen and oxygen atoms in total. The third-order valence-electron chi connectivity index (χ3n) is 2.93. The fraction of sp³-hybridized carbons (Fsp3) is 0.357. The van der Waals surface area contributed by atoms with Crippen molar-refractivity contribution in [2.24, 2.45) is 5.73 Å². The standard InChI is InChI=1S/C14H15F3N2S/c1-14(2,3)11-6-20-13(19-11)12(18)7-4-9(16)10(17)5-8(7)15/h4-6,12H,18H2,1-3H3. The number of benzene rings is 1. The molecular formula is C14H15F3N2S. The predicted octanol–water partition coefficient (Wildman–Crippen LogP) is 3.91. The maximum Gasteiger partial charge on any atom is 0.161 e. The summed E-state index contributed by atoms with van der Waals surface area (Å²) >= 11 is 1.28. The molecule has 1 unspecified atom stereocenters. The predicted molar refractivity (Wildman–Crippen MR) is 73.2 cm³/mol. The second-order valence-electron chi connectivity index (χ2n) is 5.59. The van der Waals surface area contributed by atoms with Gasteiger partial charge in [0.15, 0.2) is 11.6 Å². The van der Waals surface area contributed by atoms with Gasteiger partial charge in [0, 0.05) is 22.4 Å². The number of hydrogen-bond acceptors (Lipinski definition) is 3. The van der Waals surface area contributed by atoms with Gasteiger partial charge in [-0.25, -0.2) is 18.2 Å². The Labute approximate surface area is 119 Å². The Morgan fingerprint density at radius 3 is 2.25 bits per heavy atom. The van der Waals surface area contributed by atoms with Crippen LogP contribution in [-0.2, 0) is 5.41 Å². The van der Waals surface area contributed by atoms with Gasteiger partial charge in [-0.15, -0.1) is 11.3 Å². The Hall–Kier alpha value is -1.40. The lowest BCUT2D eigenvalue weighted by Crippen LogP contribution is -2.16. The average molecular weight is 300 g/mol. The smallest absolute Gasteiger partial charge is 0.161 e. The van der Waals surface area contributed by atoms with Crippen LogP contribution in [0.3, 0.4) is 0 Å². The van der Waals surface area contributed by atoms with Crippen LogP contribution < -0.4 is 5.73 Å². The van der Waals surface area contributed by atoms with Crippen molar-refractivity contribution in [2.45, 2.75) is 32.2 Å². The maximum atomic E-state index is 13.7. The first-order chi connectivity index (χ1) is 9.20. The molecule has 0 aliphatic rings. The lowest BCUT2D eigenvalue weighted by molar-refractivity contribution is 0.487. The van der Waals surface area contributed by atoms with Gasteiger partial charge in [-0.2, -0.15) is 0 Å². The maximum absolute atomic E-state index is 13.7. The van der Waals surface area contributed by atoms with Gasteiger partial charge < -0.3 is 5.73 Å². The molecule has 0 fully saturated rings. The molecule has 2 aromatic rings. The number of thiazole rings is 1. The second kappa shape index (κ2) is 5.18. The van der Waals surface area contributed by atoms with Gasteiger partial charge in [0.05, 0.1) is 11.7 Å². The van der Waals surface area contributed by atoms with E-state index in [4.69, 9.17) is 5.73 Å². The van der Waals surface area contributed by atoms with Crippen molar-refractivity contribution < 1.29 is 13.2 Å². The Morgan fingerprint density at radius 1 is 1.10 bits per heavy atom.